The van der Waals surface area contributed by atoms with E-state index in [0.29, 0.717) is 34.0 Å². The molecular weight excluding hydrogens is 441 g/mol. The molecule has 1 unspecified atom stereocenters. The lowest BCUT2D eigenvalue weighted by Gasteiger charge is -2.43. The zero-order chi connectivity index (χ0) is 22.6. The first kappa shape index (κ1) is 21.2. The van der Waals surface area contributed by atoms with Gasteiger partial charge in [-0.15, -0.1) is 0 Å². The Hall–Kier alpha value is -2.62. The van der Waals surface area contributed by atoms with E-state index in [-0.39, 0.29) is 23.5 Å². The van der Waals surface area contributed by atoms with Crippen molar-refractivity contribution in [3.63, 3.8) is 0 Å². The van der Waals surface area contributed by atoms with Crippen molar-refractivity contribution in [2.24, 2.45) is 5.41 Å². The van der Waals surface area contributed by atoms with E-state index < -0.39 is 5.92 Å². The van der Waals surface area contributed by atoms with E-state index in [4.69, 9.17) is 23.2 Å². The molecule has 2 aliphatic rings. The molecular formula is C27H23Cl2NO2. The number of halogens is 2. The Morgan fingerprint density at radius 1 is 0.875 bits per heavy atom. The topological polar surface area (TPSA) is 37.4 Å². The predicted molar refractivity (Wildman–Crippen MR) is 130 cm³/mol. The quantitative estimate of drug-likeness (QED) is 0.399. The number of carbonyl (C=O) groups excluding carboxylic acids is 2. The van der Waals surface area contributed by atoms with E-state index in [1.807, 2.05) is 42.5 Å². The minimum Gasteiger partial charge on any atom is -0.294 e. The Bertz CT molecular complexity index is 1290. The molecule has 1 aliphatic heterocycles. The van der Waals surface area contributed by atoms with Gasteiger partial charge in [0.15, 0.2) is 5.78 Å². The predicted octanol–water partition coefficient (Wildman–Crippen LogP) is 7.31. The fourth-order valence-corrected chi connectivity index (χ4v) is 5.78. The third kappa shape index (κ3) is 3.54. The number of benzene rings is 3. The number of allylic oxidation sites excluding steroid dienone is 2. The van der Waals surface area contributed by atoms with Gasteiger partial charge in [0.1, 0.15) is 0 Å². The van der Waals surface area contributed by atoms with Crippen LogP contribution in [-0.4, -0.2) is 11.7 Å². The maximum Gasteiger partial charge on any atom is 0.232 e. The number of hydrogen-bond donors (Lipinski definition) is 0. The number of ketones is 1. The lowest BCUT2D eigenvalue weighted by atomic mass is 9.69. The third-order valence-electron chi connectivity index (χ3n) is 6.48. The summed E-state index contributed by atoms with van der Waals surface area (Å²) in [6, 6.07) is 19.4. The second-order valence-corrected chi connectivity index (χ2v) is 10.3. The monoisotopic (exact) mass is 463 g/mol. The zero-order valence-electron chi connectivity index (χ0n) is 18.0. The Kier molecular flexibility index (Phi) is 5.15. The molecule has 0 fully saturated rings. The number of fused-ring (bicyclic) bond motifs is 1. The normalized spacial score (nSPS) is 20.6. The summed E-state index contributed by atoms with van der Waals surface area (Å²) in [5.41, 5.74) is 2.67. The van der Waals surface area contributed by atoms with Crippen LogP contribution in [0.4, 0.5) is 5.69 Å². The number of anilines is 1. The average molecular weight is 464 g/mol. The van der Waals surface area contributed by atoms with Crippen LogP contribution < -0.4 is 4.90 Å². The SMILES string of the molecule is CC1(C)CC(=O)C2=C(C1)N(c1ccc3ccccc3c1)C(=O)CC2c1c(Cl)cccc1Cl. The standard InChI is InChI=1S/C27H23Cl2NO2/c1-27(2)14-22-26(23(31)15-27)19(25-20(28)8-5-9-21(25)29)13-24(32)30(22)18-11-10-16-6-3-4-7-17(16)12-18/h3-12,19H,13-15H2,1-2H3. The number of Topliss-reactive ketones (excluding diaryl/α,β-unsaturated/α-hetero) is 1. The van der Waals surface area contributed by atoms with Crippen LogP contribution in [0.1, 0.15) is 44.6 Å². The van der Waals surface area contributed by atoms with Crippen molar-refractivity contribution in [3.05, 3.63) is 87.5 Å². The summed E-state index contributed by atoms with van der Waals surface area (Å²) in [6.45, 7) is 4.15. The molecule has 1 aliphatic carbocycles. The van der Waals surface area contributed by atoms with Crippen molar-refractivity contribution >= 4 is 51.4 Å². The van der Waals surface area contributed by atoms with E-state index in [2.05, 4.69) is 13.8 Å². The van der Waals surface area contributed by atoms with Gasteiger partial charge in [-0.25, -0.2) is 0 Å². The lowest BCUT2D eigenvalue weighted by molar-refractivity contribution is -0.120. The summed E-state index contributed by atoms with van der Waals surface area (Å²) in [5.74, 6) is -0.417. The molecule has 5 heteroatoms. The smallest absolute Gasteiger partial charge is 0.232 e. The van der Waals surface area contributed by atoms with Gasteiger partial charge in [-0.2, -0.15) is 0 Å². The van der Waals surface area contributed by atoms with Crippen molar-refractivity contribution in [2.75, 3.05) is 4.90 Å². The fourth-order valence-electron chi connectivity index (χ4n) is 5.12. The van der Waals surface area contributed by atoms with Gasteiger partial charge in [-0.05, 0) is 52.4 Å². The average Bonchev–Trinajstić information content (AvgIpc) is 2.72. The molecule has 5 rings (SSSR count). The van der Waals surface area contributed by atoms with Gasteiger partial charge in [0, 0.05) is 45.8 Å². The molecule has 1 amide bonds. The van der Waals surface area contributed by atoms with E-state index in [1.165, 1.54) is 0 Å². The first-order valence-corrected chi connectivity index (χ1v) is 11.5. The number of hydrogen-bond acceptors (Lipinski definition) is 2. The van der Waals surface area contributed by atoms with Crippen molar-refractivity contribution < 1.29 is 9.59 Å². The molecule has 1 atom stereocenters. The fraction of sp³-hybridized carbons (Fsp3) is 0.259. The molecule has 1 heterocycles. The maximum absolute atomic E-state index is 13.6. The van der Waals surface area contributed by atoms with Crippen molar-refractivity contribution in [2.45, 2.75) is 39.0 Å². The summed E-state index contributed by atoms with van der Waals surface area (Å²) < 4.78 is 0. The molecule has 3 aromatic rings. The van der Waals surface area contributed by atoms with Gasteiger partial charge in [0.2, 0.25) is 5.91 Å². The highest BCUT2D eigenvalue weighted by atomic mass is 35.5. The third-order valence-corrected chi connectivity index (χ3v) is 7.14. The molecule has 3 aromatic carbocycles. The maximum atomic E-state index is 13.6. The first-order valence-electron chi connectivity index (χ1n) is 10.8. The van der Waals surface area contributed by atoms with Crippen LogP contribution in [0.5, 0.6) is 0 Å². The lowest BCUT2D eigenvalue weighted by Crippen LogP contribution is -2.43. The van der Waals surface area contributed by atoms with Gasteiger partial charge >= 0.3 is 0 Å². The number of nitrogens with zero attached hydrogens (tertiary/aromatic N) is 1. The molecule has 0 saturated carbocycles. The van der Waals surface area contributed by atoms with Crippen molar-refractivity contribution in [1.29, 1.82) is 0 Å². The van der Waals surface area contributed by atoms with E-state index in [0.717, 1.165) is 22.2 Å². The summed E-state index contributed by atoms with van der Waals surface area (Å²) in [4.78, 5) is 28.8. The molecule has 0 spiro atoms. The van der Waals surface area contributed by atoms with Gasteiger partial charge in [-0.3, -0.25) is 14.5 Å². The molecule has 162 valence electrons. The molecule has 0 radical (unpaired) electrons. The highest BCUT2D eigenvalue weighted by Gasteiger charge is 2.45. The molecule has 0 N–H and O–H groups in total. The number of amides is 1. The Labute approximate surface area is 197 Å². The summed E-state index contributed by atoms with van der Waals surface area (Å²) in [6.07, 6.45) is 1.22. The van der Waals surface area contributed by atoms with Crippen LogP contribution in [0.15, 0.2) is 71.9 Å². The summed E-state index contributed by atoms with van der Waals surface area (Å²) in [5, 5.41) is 3.13. The number of carbonyl (C=O) groups is 2. The van der Waals surface area contributed by atoms with Crippen LogP contribution >= 0.6 is 23.2 Å². The highest BCUT2D eigenvalue weighted by molar-refractivity contribution is 6.36. The van der Waals surface area contributed by atoms with Gasteiger partial charge in [0.05, 0.1) is 0 Å². The van der Waals surface area contributed by atoms with Gasteiger partial charge in [0.25, 0.3) is 0 Å². The summed E-state index contributed by atoms with van der Waals surface area (Å²) in [7, 11) is 0. The zero-order valence-corrected chi connectivity index (χ0v) is 19.5. The Balaban J connectivity index is 1.73. The van der Waals surface area contributed by atoms with Crippen molar-refractivity contribution in [1.82, 2.24) is 0 Å². The largest absolute Gasteiger partial charge is 0.294 e. The van der Waals surface area contributed by atoms with Gasteiger partial charge < -0.3 is 0 Å². The molecule has 3 nitrogen and oxygen atoms in total. The second-order valence-electron chi connectivity index (χ2n) is 9.45. The molecule has 0 aromatic heterocycles. The van der Waals surface area contributed by atoms with Crippen molar-refractivity contribution in [3.8, 4) is 0 Å². The number of rotatable bonds is 2. The molecule has 32 heavy (non-hydrogen) atoms. The minimum atomic E-state index is -0.431. The highest BCUT2D eigenvalue weighted by Crippen LogP contribution is 2.50. The van der Waals surface area contributed by atoms with Crippen LogP contribution in [0.3, 0.4) is 0 Å². The van der Waals surface area contributed by atoms with Crippen LogP contribution in [0, 0.1) is 5.41 Å². The molecule has 0 bridgehead atoms. The Morgan fingerprint density at radius 2 is 1.56 bits per heavy atom. The van der Waals surface area contributed by atoms with Crippen LogP contribution in [0.25, 0.3) is 10.8 Å². The summed E-state index contributed by atoms with van der Waals surface area (Å²) >= 11 is 13.0. The van der Waals surface area contributed by atoms with E-state index in [9.17, 15) is 9.59 Å². The van der Waals surface area contributed by atoms with Crippen LogP contribution in [0.2, 0.25) is 10.0 Å². The Morgan fingerprint density at radius 3 is 2.28 bits per heavy atom. The van der Waals surface area contributed by atoms with Gasteiger partial charge in [-0.1, -0.05) is 73.4 Å². The first-order chi connectivity index (χ1) is 15.2. The van der Waals surface area contributed by atoms with Crippen LogP contribution in [-0.2, 0) is 9.59 Å². The van der Waals surface area contributed by atoms with E-state index in [1.54, 1.807) is 23.1 Å². The van der Waals surface area contributed by atoms with E-state index >= 15 is 0 Å². The second kappa shape index (κ2) is 7.75. The molecule has 0 saturated heterocycles. The minimum absolute atomic E-state index is 0.0504.